The van der Waals surface area contributed by atoms with Crippen molar-refractivity contribution in [3.05, 3.63) is 30.1 Å². The van der Waals surface area contributed by atoms with Gasteiger partial charge in [0.25, 0.3) is 0 Å². The summed E-state index contributed by atoms with van der Waals surface area (Å²) in [5.74, 6) is 0.406. The highest BCUT2D eigenvalue weighted by molar-refractivity contribution is 5.22. The summed E-state index contributed by atoms with van der Waals surface area (Å²) in [5, 5.41) is 10.1. The molecule has 1 aliphatic rings. The first kappa shape index (κ1) is 12.3. The monoisotopic (exact) mass is 239 g/mol. The zero-order valence-electron chi connectivity index (χ0n) is 9.68. The van der Waals surface area contributed by atoms with Crippen molar-refractivity contribution in [3.63, 3.8) is 0 Å². The number of rotatable bonds is 3. The molecule has 0 saturated heterocycles. The number of nitrogens with two attached hydrogens (primary N) is 1. The van der Waals surface area contributed by atoms with Gasteiger partial charge in [-0.2, -0.15) is 0 Å². The van der Waals surface area contributed by atoms with Crippen LogP contribution in [-0.2, 0) is 0 Å². The first-order valence-electron chi connectivity index (χ1n) is 6.01. The number of halogens is 1. The summed E-state index contributed by atoms with van der Waals surface area (Å²) in [6.45, 7) is 0.477. The molecule has 3 N–H and O–H groups in total. The first-order valence-corrected chi connectivity index (χ1v) is 6.01. The highest BCUT2D eigenvalue weighted by Crippen LogP contribution is 2.27. The second-order valence-electron chi connectivity index (χ2n) is 4.53. The van der Waals surface area contributed by atoms with Crippen LogP contribution in [-0.4, -0.2) is 23.9 Å². The molecule has 1 aromatic carbocycles. The Morgan fingerprint density at radius 3 is 2.65 bits per heavy atom. The Kier molecular flexibility index (Phi) is 3.97. The fraction of sp³-hybridized carbons (Fsp3) is 0.538. The summed E-state index contributed by atoms with van der Waals surface area (Å²) in [6.07, 6.45) is 2.00. The van der Waals surface area contributed by atoms with Crippen LogP contribution < -0.4 is 10.5 Å². The summed E-state index contributed by atoms with van der Waals surface area (Å²) in [4.78, 5) is 0. The van der Waals surface area contributed by atoms with E-state index in [9.17, 15) is 9.50 Å². The third-order valence-corrected chi connectivity index (χ3v) is 3.33. The molecule has 1 saturated carbocycles. The van der Waals surface area contributed by atoms with E-state index >= 15 is 0 Å². The average molecular weight is 239 g/mol. The highest BCUT2D eigenvalue weighted by atomic mass is 19.1. The summed E-state index contributed by atoms with van der Waals surface area (Å²) in [6, 6.07) is 5.86. The zero-order valence-corrected chi connectivity index (χ0v) is 9.68. The molecule has 0 spiro atoms. The Bertz CT molecular complexity index is 355. The molecular weight excluding hydrogens is 221 g/mol. The van der Waals surface area contributed by atoms with E-state index in [1.165, 1.54) is 12.1 Å². The van der Waals surface area contributed by atoms with Crippen molar-refractivity contribution in [2.24, 2.45) is 11.7 Å². The molecule has 0 amide bonds. The molecule has 1 aromatic rings. The van der Waals surface area contributed by atoms with E-state index in [1.807, 2.05) is 0 Å². The van der Waals surface area contributed by atoms with Gasteiger partial charge in [0.1, 0.15) is 17.7 Å². The fourth-order valence-corrected chi connectivity index (χ4v) is 2.30. The number of hydrogen-bond acceptors (Lipinski definition) is 3. The second kappa shape index (κ2) is 5.47. The summed E-state index contributed by atoms with van der Waals surface area (Å²) < 4.78 is 18.4. The van der Waals surface area contributed by atoms with Crippen LogP contribution in [0.15, 0.2) is 24.3 Å². The lowest BCUT2D eigenvalue weighted by molar-refractivity contribution is -0.0282. The number of aliphatic hydroxyl groups is 1. The predicted molar refractivity (Wildman–Crippen MR) is 63.2 cm³/mol. The molecular formula is C13H18FNO2. The van der Waals surface area contributed by atoms with E-state index in [4.69, 9.17) is 10.5 Å². The molecule has 3 atom stereocenters. The molecule has 0 heterocycles. The molecule has 0 bridgehead atoms. The van der Waals surface area contributed by atoms with E-state index < -0.39 is 6.10 Å². The van der Waals surface area contributed by atoms with Crippen molar-refractivity contribution in [3.8, 4) is 5.75 Å². The zero-order chi connectivity index (χ0) is 12.3. The second-order valence-corrected chi connectivity index (χ2v) is 4.53. The summed E-state index contributed by atoms with van der Waals surface area (Å²) in [5.41, 5.74) is 5.60. The van der Waals surface area contributed by atoms with Crippen molar-refractivity contribution >= 4 is 0 Å². The molecule has 1 fully saturated rings. The number of benzene rings is 1. The van der Waals surface area contributed by atoms with Crippen molar-refractivity contribution in [1.29, 1.82) is 0 Å². The molecule has 2 rings (SSSR count). The molecule has 17 heavy (non-hydrogen) atoms. The van der Waals surface area contributed by atoms with Crippen LogP contribution in [0.25, 0.3) is 0 Å². The molecule has 0 aromatic heterocycles. The molecule has 1 aliphatic carbocycles. The third-order valence-electron chi connectivity index (χ3n) is 3.33. The molecule has 0 unspecified atom stereocenters. The van der Waals surface area contributed by atoms with Crippen molar-refractivity contribution in [2.45, 2.75) is 31.5 Å². The van der Waals surface area contributed by atoms with E-state index in [-0.39, 0.29) is 17.8 Å². The number of hydrogen-bond donors (Lipinski definition) is 2. The van der Waals surface area contributed by atoms with Crippen LogP contribution in [0.5, 0.6) is 5.75 Å². The largest absolute Gasteiger partial charge is 0.488 e. The van der Waals surface area contributed by atoms with Crippen LogP contribution in [0.1, 0.15) is 19.3 Å². The van der Waals surface area contributed by atoms with Gasteiger partial charge < -0.3 is 15.6 Å². The van der Waals surface area contributed by atoms with Crippen molar-refractivity contribution in [1.82, 2.24) is 0 Å². The lowest BCUT2D eigenvalue weighted by atomic mass is 9.84. The first-order chi connectivity index (χ1) is 8.20. The van der Waals surface area contributed by atoms with Gasteiger partial charge >= 0.3 is 0 Å². The Labute approximate surface area is 100 Å². The number of ether oxygens (including phenoxy) is 1. The molecule has 0 aliphatic heterocycles. The van der Waals surface area contributed by atoms with E-state index in [0.29, 0.717) is 12.3 Å². The molecule has 0 radical (unpaired) electrons. The predicted octanol–water partition coefficient (Wildman–Crippen LogP) is 1.69. The minimum absolute atomic E-state index is 0.106. The van der Waals surface area contributed by atoms with Crippen LogP contribution in [0.3, 0.4) is 0 Å². The standard InChI is InChI=1S/C13H18FNO2/c14-10-4-6-11(7-5-10)17-12-3-1-2-9(8-15)13(12)16/h4-7,9,12-13,16H,1-3,8,15H2/t9-,12-,13-/m1/s1. The Morgan fingerprint density at radius 1 is 1.29 bits per heavy atom. The minimum atomic E-state index is -0.529. The minimum Gasteiger partial charge on any atom is -0.488 e. The normalized spacial score (nSPS) is 29.0. The maximum Gasteiger partial charge on any atom is 0.125 e. The van der Waals surface area contributed by atoms with Crippen LogP contribution in [0.2, 0.25) is 0 Å². The van der Waals surface area contributed by atoms with Crippen molar-refractivity contribution < 1.29 is 14.2 Å². The van der Waals surface area contributed by atoms with Crippen LogP contribution in [0, 0.1) is 11.7 Å². The number of aliphatic hydroxyl groups excluding tert-OH is 1. The van der Waals surface area contributed by atoms with Gasteiger partial charge in [-0.25, -0.2) is 4.39 Å². The van der Waals surface area contributed by atoms with Gasteiger partial charge in [0.05, 0.1) is 6.10 Å². The summed E-state index contributed by atoms with van der Waals surface area (Å²) in [7, 11) is 0. The van der Waals surface area contributed by atoms with Crippen LogP contribution in [0.4, 0.5) is 4.39 Å². The topological polar surface area (TPSA) is 55.5 Å². The smallest absolute Gasteiger partial charge is 0.125 e. The van der Waals surface area contributed by atoms with E-state index in [0.717, 1.165) is 19.3 Å². The van der Waals surface area contributed by atoms with Gasteiger partial charge in [-0.3, -0.25) is 0 Å². The molecule has 4 heteroatoms. The van der Waals surface area contributed by atoms with Crippen molar-refractivity contribution in [2.75, 3.05) is 6.54 Å². The Morgan fingerprint density at radius 2 is 2.00 bits per heavy atom. The van der Waals surface area contributed by atoms with Gasteiger partial charge in [0.2, 0.25) is 0 Å². The van der Waals surface area contributed by atoms with Gasteiger partial charge in [-0.1, -0.05) is 0 Å². The molecule has 3 nitrogen and oxygen atoms in total. The van der Waals surface area contributed by atoms with Crippen LogP contribution >= 0.6 is 0 Å². The lowest BCUT2D eigenvalue weighted by Crippen LogP contribution is -2.43. The highest BCUT2D eigenvalue weighted by Gasteiger charge is 2.32. The maximum absolute atomic E-state index is 12.7. The lowest BCUT2D eigenvalue weighted by Gasteiger charge is -2.34. The summed E-state index contributed by atoms with van der Waals surface area (Å²) >= 11 is 0. The average Bonchev–Trinajstić information content (AvgIpc) is 2.35. The molecule has 94 valence electrons. The van der Waals surface area contributed by atoms with E-state index in [2.05, 4.69) is 0 Å². The van der Waals surface area contributed by atoms with Gasteiger partial charge in [0.15, 0.2) is 0 Å². The maximum atomic E-state index is 12.7. The Balaban J connectivity index is 2.00. The van der Waals surface area contributed by atoms with Gasteiger partial charge in [-0.15, -0.1) is 0 Å². The quantitative estimate of drug-likeness (QED) is 0.844. The Hall–Kier alpha value is -1.13. The van der Waals surface area contributed by atoms with Gasteiger partial charge in [0, 0.05) is 5.92 Å². The SMILES string of the molecule is NC[C@H]1CCC[C@@H](Oc2ccc(F)cc2)[C@@H]1O. The van der Waals surface area contributed by atoms with Gasteiger partial charge in [-0.05, 0) is 50.1 Å². The third kappa shape index (κ3) is 2.96. The van der Waals surface area contributed by atoms with E-state index in [1.54, 1.807) is 12.1 Å². The fourth-order valence-electron chi connectivity index (χ4n) is 2.30.